The van der Waals surface area contributed by atoms with Gasteiger partial charge in [-0.2, -0.15) is 0 Å². The van der Waals surface area contributed by atoms with E-state index in [4.69, 9.17) is 5.11 Å². The highest BCUT2D eigenvalue weighted by atomic mass is 32.1. The summed E-state index contributed by atoms with van der Waals surface area (Å²) in [5, 5.41) is 13.2. The highest BCUT2D eigenvalue weighted by molar-refractivity contribution is 7.15. The molecule has 0 radical (unpaired) electrons. The average molecular weight is 295 g/mol. The second-order valence-electron chi connectivity index (χ2n) is 3.77. The molecule has 1 aromatic carbocycles. The third kappa shape index (κ3) is 3.75. The molecular formula is C12H10FN3O3S. The van der Waals surface area contributed by atoms with E-state index in [0.717, 1.165) is 11.3 Å². The Balaban J connectivity index is 1.96. The second kappa shape index (κ2) is 6.11. The normalized spacial score (nSPS) is 10.1. The fraction of sp³-hybridized carbons (Fsp3) is 0.0833. The van der Waals surface area contributed by atoms with Gasteiger partial charge in [-0.05, 0) is 12.1 Å². The van der Waals surface area contributed by atoms with Gasteiger partial charge < -0.3 is 10.4 Å². The molecule has 0 spiro atoms. The van der Waals surface area contributed by atoms with Crippen molar-refractivity contribution in [3.63, 3.8) is 0 Å². The molecule has 0 saturated heterocycles. The third-order valence-corrected chi connectivity index (χ3v) is 3.16. The summed E-state index contributed by atoms with van der Waals surface area (Å²) in [5.41, 5.74) is 0.103. The number of nitrogens with zero attached hydrogens (tertiary/aromatic N) is 1. The van der Waals surface area contributed by atoms with Gasteiger partial charge in [-0.25, -0.2) is 14.2 Å². The number of benzene rings is 1. The average Bonchev–Trinajstić information content (AvgIpc) is 2.78. The summed E-state index contributed by atoms with van der Waals surface area (Å²) in [6.45, 7) is 0. The highest BCUT2D eigenvalue weighted by Gasteiger charge is 2.10. The Hall–Kier alpha value is -2.48. The summed E-state index contributed by atoms with van der Waals surface area (Å²) in [6, 6.07) is 5.84. The quantitative estimate of drug-likeness (QED) is 0.808. The van der Waals surface area contributed by atoms with Crippen LogP contribution in [0.2, 0.25) is 0 Å². The van der Waals surface area contributed by atoms with Crippen molar-refractivity contribution in [2.45, 2.75) is 6.42 Å². The summed E-state index contributed by atoms with van der Waals surface area (Å²) in [7, 11) is 0. The van der Waals surface area contributed by atoms with Crippen molar-refractivity contribution in [3.8, 4) is 0 Å². The molecule has 0 fully saturated rings. The van der Waals surface area contributed by atoms with Crippen LogP contribution < -0.4 is 10.6 Å². The molecular weight excluding hydrogens is 285 g/mol. The molecule has 2 amide bonds. The van der Waals surface area contributed by atoms with E-state index in [1.165, 1.54) is 24.4 Å². The van der Waals surface area contributed by atoms with Crippen LogP contribution in [0.15, 0.2) is 30.5 Å². The molecule has 6 nitrogen and oxygen atoms in total. The zero-order valence-corrected chi connectivity index (χ0v) is 10.9. The summed E-state index contributed by atoms with van der Waals surface area (Å²) in [6.07, 6.45) is 0.172. The van der Waals surface area contributed by atoms with Crippen LogP contribution in [-0.2, 0) is 11.2 Å². The maximum absolute atomic E-state index is 13.3. The van der Waals surface area contributed by atoms with Gasteiger partial charge in [0.15, 0.2) is 5.13 Å². The first kappa shape index (κ1) is 13.9. The zero-order chi connectivity index (χ0) is 14.5. The van der Waals surface area contributed by atoms with Crippen molar-refractivity contribution in [1.29, 1.82) is 0 Å². The van der Waals surface area contributed by atoms with Gasteiger partial charge in [0.25, 0.3) is 0 Å². The number of anilines is 2. The van der Waals surface area contributed by atoms with Gasteiger partial charge in [0, 0.05) is 11.1 Å². The zero-order valence-electron chi connectivity index (χ0n) is 10.1. The SMILES string of the molecule is O=C(O)Nc1ncc(CC(=O)Nc2ccccc2F)s1. The minimum absolute atomic E-state index is 0.00665. The lowest BCUT2D eigenvalue weighted by atomic mass is 10.3. The summed E-state index contributed by atoms with van der Waals surface area (Å²) < 4.78 is 13.3. The van der Waals surface area contributed by atoms with Gasteiger partial charge in [0.2, 0.25) is 5.91 Å². The topological polar surface area (TPSA) is 91.3 Å². The number of carbonyl (C=O) groups is 2. The lowest BCUT2D eigenvalue weighted by Gasteiger charge is -2.04. The molecule has 2 aromatic rings. The number of hydrogen-bond donors (Lipinski definition) is 3. The molecule has 0 aliphatic rings. The first-order valence-corrected chi connectivity index (χ1v) is 6.35. The Bertz CT molecular complexity index is 644. The first-order chi connectivity index (χ1) is 9.54. The van der Waals surface area contributed by atoms with E-state index in [2.05, 4.69) is 15.6 Å². The molecule has 104 valence electrons. The molecule has 3 N–H and O–H groups in total. The van der Waals surface area contributed by atoms with Gasteiger partial charge in [-0.15, -0.1) is 11.3 Å². The van der Waals surface area contributed by atoms with E-state index in [9.17, 15) is 14.0 Å². The van der Waals surface area contributed by atoms with E-state index < -0.39 is 17.8 Å². The number of carboxylic acid groups (broad SMARTS) is 1. The molecule has 0 aliphatic carbocycles. The minimum atomic E-state index is -1.22. The fourth-order valence-electron chi connectivity index (χ4n) is 1.45. The highest BCUT2D eigenvalue weighted by Crippen LogP contribution is 2.19. The maximum atomic E-state index is 13.3. The molecule has 2 rings (SSSR count). The molecule has 0 saturated carbocycles. The summed E-state index contributed by atoms with van der Waals surface area (Å²) >= 11 is 1.05. The van der Waals surface area contributed by atoms with Crippen LogP contribution in [0.1, 0.15) is 4.88 Å². The molecule has 8 heteroatoms. The predicted octanol–water partition coefficient (Wildman–Crippen LogP) is 2.55. The number of thiazole rings is 1. The second-order valence-corrected chi connectivity index (χ2v) is 4.88. The smallest absolute Gasteiger partial charge is 0.410 e. The number of halogens is 1. The van der Waals surface area contributed by atoms with Crippen molar-refractivity contribution >= 4 is 34.2 Å². The monoisotopic (exact) mass is 295 g/mol. The van der Waals surface area contributed by atoms with Gasteiger partial charge in [0.05, 0.1) is 12.1 Å². The number of carbonyl (C=O) groups excluding carboxylic acids is 1. The Labute approximate surface area is 117 Å². The van der Waals surface area contributed by atoms with Crippen molar-refractivity contribution in [2.24, 2.45) is 0 Å². The van der Waals surface area contributed by atoms with Gasteiger partial charge in [-0.3, -0.25) is 10.1 Å². The Morgan fingerprint density at radius 2 is 2.05 bits per heavy atom. The van der Waals surface area contributed by atoms with E-state index >= 15 is 0 Å². The van der Waals surface area contributed by atoms with Crippen LogP contribution in [0, 0.1) is 5.82 Å². The molecule has 0 unspecified atom stereocenters. The van der Waals surface area contributed by atoms with Crippen LogP contribution in [0.3, 0.4) is 0 Å². The van der Waals surface area contributed by atoms with Crippen LogP contribution in [-0.4, -0.2) is 22.1 Å². The number of para-hydroxylation sites is 1. The number of rotatable bonds is 4. The largest absolute Gasteiger partial charge is 0.465 e. The number of hydrogen-bond acceptors (Lipinski definition) is 4. The van der Waals surface area contributed by atoms with Crippen molar-refractivity contribution in [1.82, 2.24) is 4.98 Å². The van der Waals surface area contributed by atoms with Gasteiger partial charge >= 0.3 is 6.09 Å². The summed E-state index contributed by atoms with van der Waals surface area (Å²) in [4.78, 5) is 26.5. The standard InChI is InChI=1S/C12H10FN3O3S/c13-8-3-1-2-4-9(8)15-10(17)5-7-6-14-11(20-7)16-12(18)19/h1-4,6H,5H2,(H,14,16)(H,15,17)(H,18,19). The third-order valence-electron chi connectivity index (χ3n) is 2.25. The molecule has 0 atom stereocenters. The van der Waals surface area contributed by atoms with Crippen molar-refractivity contribution in [3.05, 3.63) is 41.2 Å². The molecule has 20 heavy (non-hydrogen) atoms. The lowest BCUT2D eigenvalue weighted by molar-refractivity contribution is -0.115. The fourth-order valence-corrected chi connectivity index (χ4v) is 2.25. The van der Waals surface area contributed by atoms with Crippen molar-refractivity contribution in [2.75, 3.05) is 10.6 Å². The van der Waals surface area contributed by atoms with Crippen molar-refractivity contribution < 1.29 is 19.1 Å². The first-order valence-electron chi connectivity index (χ1n) is 5.53. The van der Waals surface area contributed by atoms with E-state index in [1.54, 1.807) is 6.07 Å². The molecule has 0 aliphatic heterocycles. The van der Waals surface area contributed by atoms with E-state index in [1.807, 2.05) is 0 Å². The Kier molecular flexibility index (Phi) is 4.26. The van der Waals surface area contributed by atoms with E-state index in [-0.39, 0.29) is 17.2 Å². The molecule has 0 bridgehead atoms. The molecule has 1 heterocycles. The van der Waals surface area contributed by atoms with Crippen LogP contribution in [0.4, 0.5) is 20.0 Å². The number of nitrogens with one attached hydrogen (secondary N) is 2. The van der Waals surface area contributed by atoms with Crippen LogP contribution in [0.5, 0.6) is 0 Å². The lowest BCUT2D eigenvalue weighted by Crippen LogP contribution is -2.14. The van der Waals surface area contributed by atoms with Crippen LogP contribution in [0.25, 0.3) is 0 Å². The Morgan fingerprint density at radius 3 is 2.75 bits per heavy atom. The Morgan fingerprint density at radius 1 is 1.30 bits per heavy atom. The molecule has 1 aromatic heterocycles. The summed E-state index contributed by atoms with van der Waals surface area (Å²) in [5.74, 6) is -0.918. The van der Waals surface area contributed by atoms with Gasteiger partial charge in [0.1, 0.15) is 5.82 Å². The van der Waals surface area contributed by atoms with Crippen LogP contribution >= 0.6 is 11.3 Å². The number of aromatic nitrogens is 1. The van der Waals surface area contributed by atoms with Gasteiger partial charge in [-0.1, -0.05) is 12.1 Å². The number of amides is 2. The van der Waals surface area contributed by atoms with E-state index in [0.29, 0.717) is 4.88 Å². The predicted molar refractivity (Wildman–Crippen MR) is 72.5 cm³/mol. The maximum Gasteiger partial charge on any atom is 0.410 e. The minimum Gasteiger partial charge on any atom is -0.465 e.